The number of aryl methyl sites for hydroxylation is 1. The molecule has 9 heteroatoms. The Kier molecular flexibility index (Phi) is 7.83. The summed E-state index contributed by atoms with van der Waals surface area (Å²) in [5, 5.41) is 24.0. The molecule has 0 saturated carbocycles. The van der Waals surface area contributed by atoms with Crippen LogP contribution in [0.1, 0.15) is 16.7 Å². The van der Waals surface area contributed by atoms with E-state index in [4.69, 9.17) is 16.3 Å². The summed E-state index contributed by atoms with van der Waals surface area (Å²) in [5.74, 6) is -0.317. The molecule has 0 aliphatic rings. The fourth-order valence-corrected chi connectivity index (χ4v) is 3.40. The molecule has 0 aliphatic carbocycles. The topological polar surface area (TPSA) is 105 Å². The first-order chi connectivity index (χ1) is 15.8. The van der Waals surface area contributed by atoms with Crippen LogP contribution < -0.4 is 10.1 Å². The van der Waals surface area contributed by atoms with E-state index in [1.807, 2.05) is 18.2 Å². The molecule has 0 bridgehead atoms. The van der Waals surface area contributed by atoms with Gasteiger partial charge in [-0.25, -0.2) is 0 Å². The number of halogens is 2. The van der Waals surface area contributed by atoms with Gasteiger partial charge in [0.15, 0.2) is 0 Å². The standard InChI is InChI=1S/C24H17BrClN3O4/c1-15-2-8-21(22(10-15)29(31)32)28-24(30)18(13-27)11-17-12-19(25)5-9-23(17)33-14-16-3-6-20(26)7-4-16/h2-12H,14H2,1H3,(H,28,30)/b18-11+. The molecule has 0 fully saturated rings. The lowest BCUT2D eigenvalue weighted by atomic mass is 10.1. The van der Waals surface area contributed by atoms with E-state index in [1.165, 1.54) is 18.2 Å². The smallest absolute Gasteiger partial charge is 0.293 e. The normalized spacial score (nSPS) is 10.9. The highest BCUT2D eigenvalue weighted by Gasteiger charge is 2.18. The quantitative estimate of drug-likeness (QED) is 0.165. The highest BCUT2D eigenvalue weighted by atomic mass is 79.9. The number of benzene rings is 3. The second-order valence-electron chi connectivity index (χ2n) is 7.00. The zero-order valence-electron chi connectivity index (χ0n) is 17.3. The van der Waals surface area contributed by atoms with E-state index >= 15 is 0 Å². The van der Waals surface area contributed by atoms with Crippen LogP contribution in [0.15, 0.2) is 70.7 Å². The van der Waals surface area contributed by atoms with Crippen LogP contribution in [0.4, 0.5) is 11.4 Å². The molecule has 0 aliphatic heterocycles. The second kappa shape index (κ2) is 10.8. The van der Waals surface area contributed by atoms with Gasteiger partial charge in [-0.1, -0.05) is 45.7 Å². The SMILES string of the molecule is Cc1ccc(NC(=O)/C(C#N)=C/c2cc(Br)ccc2OCc2ccc(Cl)cc2)c([N+](=O)[O-])c1. The van der Waals surface area contributed by atoms with Crippen molar-refractivity contribution in [2.75, 3.05) is 5.32 Å². The summed E-state index contributed by atoms with van der Waals surface area (Å²) in [6.07, 6.45) is 1.37. The molecule has 33 heavy (non-hydrogen) atoms. The molecule has 0 atom stereocenters. The molecule has 0 saturated heterocycles. The van der Waals surface area contributed by atoms with Gasteiger partial charge in [-0.2, -0.15) is 5.26 Å². The number of nitrogens with zero attached hydrogens (tertiary/aromatic N) is 2. The average molecular weight is 527 g/mol. The Bertz CT molecular complexity index is 1280. The van der Waals surface area contributed by atoms with E-state index in [-0.39, 0.29) is 23.6 Å². The average Bonchev–Trinajstić information content (AvgIpc) is 2.78. The van der Waals surface area contributed by atoms with Gasteiger partial charge in [0.05, 0.1) is 4.92 Å². The van der Waals surface area contributed by atoms with Gasteiger partial charge in [0.25, 0.3) is 11.6 Å². The van der Waals surface area contributed by atoms with Crippen LogP contribution >= 0.6 is 27.5 Å². The Morgan fingerprint density at radius 3 is 2.61 bits per heavy atom. The molecule has 1 N–H and O–H groups in total. The van der Waals surface area contributed by atoms with Gasteiger partial charge in [-0.15, -0.1) is 0 Å². The van der Waals surface area contributed by atoms with Gasteiger partial charge in [0, 0.05) is 21.1 Å². The van der Waals surface area contributed by atoms with Crippen molar-refractivity contribution in [2.45, 2.75) is 13.5 Å². The third-order valence-electron chi connectivity index (χ3n) is 4.54. The number of hydrogen-bond donors (Lipinski definition) is 1. The number of rotatable bonds is 7. The molecule has 0 aromatic heterocycles. The maximum atomic E-state index is 12.7. The minimum atomic E-state index is -0.770. The summed E-state index contributed by atoms with van der Waals surface area (Å²) in [5.41, 5.74) is 1.57. The number of ether oxygens (including phenoxy) is 1. The molecule has 0 unspecified atom stereocenters. The molecule has 1 amide bonds. The van der Waals surface area contributed by atoms with Crippen molar-refractivity contribution in [1.29, 1.82) is 5.26 Å². The highest BCUT2D eigenvalue weighted by molar-refractivity contribution is 9.10. The van der Waals surface area contributed by atoms with Gasteiger partial charge in [-0.3, -0.25) is 14.9 Å². The molecule has 3 aromatic carbocycles. The lowest BCUT2D eigenvalue weighted by molar-refractivity contribution is -0.384. The molecule has 0 spiro atoms. The van der Waals surface area contributed by atoms with E-state index in [9.17, 15) is 20.2 Å². The first kappa shape index (κ1) is 24.0. The van der Waals surface area contributed by atoms with Gasteiger partial charge in [0.2, 0.25) is 0 Å². The molecule has 0 heterocycles. The van der Waals surface area contributed by atoms with Crippen molar-refractivity contribution in [3.8, 4) is 11.8 Å². The van der Waals surface area contributed by atoms with Crippen LogP contribution in [0, 0.1) is 28.4 Å². The van der Waals surface area contributed by atoms with Crippen LogP contribution in [0.5, 0.6) is 5.75 Å². The van der Waals surface area contributed by atoms with Crippen molar-refractivity contribution < 1.29 is 14.5 Å². The summed E-state index contributed by atoms with van der Waals surface area (Å²) in [4.78, 5) is 23.5. The van der Waals surface area contributed by atoms with E-state index in [1.54, 1.807) is 43.3 Å². The van der Waals surface area contributed by atoms with Crippen LogP contribution in [0.25, 0.3) is 6.08 Å². The lowest BCUT2D eigenvalue weighted by Crippen LogP contribution is -2.14. The summed E-state index contributed by atoms with van der Waals surface area (Å²) < 4.78 is 6.61. The van der Waals surface area contributed by atoms with Gasteiger partial charge >= 0.3 is 0 Å². The molecule has 7 nitrogen and oxygen atoms in total. The van der Waals surface area contributed by atoms with Crippen LogP contribution in [-0.4, -0.2) is 10.8 Å². The molecular weight excluding hydrogens is 510 g/mol. The summed E-state index contributed by atoms with van der Waals surface area (Å²) >= 11 is 9.28. The summed E-state index contributed by atoms with van der Waals surface area (Å²) in [6, 6.07) is 18.6. The van der Waals surface area contributed by atoms with E-state index in [0.29, 0.717) is 21.9 Å². The van der Waals surface area contributed by atoms with Crippen molar-refractivity contribution in [2.24, 2.45) is 0 Å². The third kappa shape index (κ3) is 6.42. The highest BCUT2D eigenvalue weighted by Crippen LogP contribution is 2.28. The lowest BCUT2D eigenvalue weighted by Gasteiger charge is -2.11. The first-order valence-electron chi connectivity index (χ1n) is 9.62. The number of carbonyl (C=O) groups is 1. The number of nitro benzene ring substituents is 1. The Morgan fingerprint density at radius 1 is 1.21 bits per heavy atom. The third-order valence-corrected chi connectivity index (χ3v) is 5.29. The largest absolute Gasteiger partial charge is 0.488 e. The Morgan fingerprint density at radius 2 is 1.94 bits per heavy atom. The minimum absolute atomic E-state index is 0.00482. The monoisotopic (exact) mass is 525 g/mol. The number of amides is 1. The number of nitriles is 1. The maximum absolute atomic E-state index is 12.7. The zero-order valence-corrected chi connectivity index (χ0v) is 19.7. The predicted octanol–water partition coefficient (Wildman–Crippen LogP) is 6.44. The fourth-order valence-electron chi connectivity index (χ4n) is 2.90. The van der Waals surface area contributed by atoms with Gasteiger partial charge in [0.1, 0.15) is 29.7 Å². The van der Waals surface area contributed by atoms with E-state index < -0.39 is 10.8 Å². The zero-order chi connectivity index (χ0) is 24.0. The molecule has 3 aromatic rings. The molecule has 3 rings (SSSR count). The van der Waals surface area contributed by atoms with Crippen molar-refractivity contribution in [1.82, 2.24) is 0 Å². The number of carbonyl (C=O) groups excluding carboxylic acids is 1. The number of anilines is 1. The summed E-state index contributed by atoms with van der Waals surface area (Å²) in [7, 11) is 0. The molecule has 0 radical (unpaired) electrons. The van der Waals surface area contributed by atoms with Gasteiger partial charge < -0.3 is 10.1 Å². The maximum Gasteiger partial charge on any atom is 0.293 e. The van der Waals surface area contributed by atoms with E-state index in [2.05, 4.69) is 21.2 Å². The number of hydrogen-bond acceptors (Lipinski definition) is 5. The second-order valence-corrected chi connectivity index (χ2v) is 8.35. The van der Waals surface area contributed by atoms with Crippen LogP contribution in [0.3, 0.4) is 0 Å². The predicted molar refractivity (Wildman–Crippen MR) is 130 cm³/mol. The molecule has 166 valence electrons. The summed E-state index contributed by atoms with van der Waals surface area (Å²) in [6.45, 7) is 1.96. The fraction of sp³-hybridized carbons (Fsp3) is 0.0833. The van der Waals surface area contributed by atoms with Crippen LogP contribution in [-0.2, 0) is 11.4 Å². The van der Waals surface area contributed by atoms with E-state index in [0.717, 1.165) is 10.0 Å². The minimum Gasteiger partial charge on any atom is -0.488 e. The Labute approximate surface area is 203 Å². The first-order valence-corrected chi connectivity index (χ1v) is 10.8. The van der Waals surface area contributed by atoms with Crippen molar-refractivity contribution in [3.63, 3.8) is 0 Å². The molecular formula is C24H17BrClN3O4. The Balaban J connectivity index is 1.86. The number of nitrogens with one attached hydrogen (secondary N) is 1. The van der Waals surface area contributed by atoms with Crippen molar-refractivity contribution in [3.05, 3.63) is 103 Å². The van der Waals surface area contributed by atoms with Gasteiger partial charge in [-0.05, 0) is 60.5 Å². The Hall–Kier alpha value is -3.67. The van der Waals surface area contributed by atoms with Crippen LogP contribution in [0.2, 0.25) is 5.02 Å². The number of nitro groups is 1. The van der Waals surface area contributed by atoms with Crippen molar-refractivity contribution >= 4 is 50.9 Å².